The van der Waals surface area contributed by atoms with E-state index in [-0.39, 0.29) is 5.91 Å². The lowest BCUT2D eigenvalue weighted by atomic mass is 10.2. The second kappa shape index (κ2) is 7.08. The summed E-state index contributed by atoms with van der Waals surface area (Å²) in [5.41, 5.74) is 3.63. The molecule has 1 N–H and O–H groups in total. The van der Waals surface area contributed by atoms with E-state index in [4.69, 9.17) is 0 Å². The highest BCUT2D eigenvalue weighted by Crippen LogP contribution is 2.13. The van der Waals surface area contributed by atoms with Crippen molar-refractivity contribution in [1.29, 1.82) is 0 Å². The fourth-order valence-electron chi connectivity index (χ4n) is 2.54. The van der Waals surface area contributed by atoms with Crippen molar-refractivity contribution in [2.75, 3.05) is 6.54 Å². The van der Waals surface area contributed by atoms with Crippen molar-refractivity contribution in [1.82, 2.24) is 30.1 Å². The lowest BCUT2D eigenvalue weighted by Gasteiger charge is -2.07. The van der Waals surface area contributed by atoms with Gasteiger partial charge in [0.25, 0.3) is 5.91 Å². The minimum Gasteiger partial charge on any atom is -0.352 e. The molecular formula is C17H20N6O. The van der Waals surface area contributed by atoms with Crippen LogP contribution in [0.4, 0.5) is 0 Å². The third-order valence-electron chi connectivity index (χ3n) is 3.71. The van der Waals surface area contributed by atoms with Crippen LogP contribution in [0.1, 0.15) is 28.2 Å². The molecule has 0 unspecified atom stereocenters. The summed E-state index contributed by atoms with van der Waals surface area (Å²) in [7, 11) is 0. The first-order valence-electron chi connectivity index (χ1n) is 7.89. The highest BCUT2D eigenvalue weighted by atomic mass is 16.1. The standard InChI is InChI=1S/C17H20N6O/c1-13-12-14(2)23(20-13)16-6-4-15(5-7-16)17(24)18-8-3-10-22-11-9-19-21-22/h4-7,9,11-12H,3,8,10H2,1-2H3,(H,18,24). The average Bonchev–Trinajstić information content (AvgIpc) is 3.21. The molecule has 0 aliphatic heterocycles. The van der Waals surface area contributed by atoms with E-state index < -0.39 is 0 Å². The van der Waals surface area contributed by atoms with Gasteiger partial charge >= 0.3 is 0 Å². The van der Waals surface area contributed by atoms with Gasteiger partial charge in [-0.15, -0.1) is 5.10 Å². The number of nitrogens with zero attached hydrogens (tertiary/aromatic N) is 5. The molecule has 1 aromatic carbocycles. The summed E-state index contributed by atoms with van der Waals surface area (Å²) in [6, 6.07) is 9.47. The lowest BCUT2D eigenvalue weighted by Crippen LogP contribution is -2.25. The second-order valence-corrected chi connectivity index (χ2v) is 5.66. The molecule has 0 fully saturated rings. The maximum atomic E-state index is 12.2. The van der Waals surface area contributed by atoms with Gasteiger partial charge in [0, 0.05) is 30.5 Å². The number of benzene rings is 1. The summed E-state index contributed by atoms with van der Waals surface area (Å²) in [5, 5.41) is 15.0. The molecule has 0 aliphatic rings. The molecule has 3 aromatic rings. The predicted molar refractivity (Wildman–Crippen MR) is 90.0 cm³/mol. The van der Waals surface area contributed by atoms with E-state index in [9.17, 15) is 4.79 Å². The summed E-state index contributed by atoms with van der Waals surface area (Å²) >= 11 is 0. The highest BCUT2D eigenvalue weighted by molar-refractivity contribution is 5.94. The Bertz CT molecular complexity index is 804. The number of aromatic nitrogens is 5. The third kappa shape index (κ3) is 3.68. The molecule has 0 spiro atoms. The van der Waals surface area contributed by atoms with E-state index >= 15 is 0 Å². The Labute approximate surface area is 140 Å². The quantitative estimate of drug-likeness (QED) is 0.703. The van der Waals surface area contributed by atoms with Gasteiger partial charge in [0.15, 0.2) is 0 Å². The molecule has 7 nitrogen and oxygen atoms in total. The zero-order valence-electron chi connectivity index (χ0n) is 13.8. The molecule has 0 saturated heterocycles. The maximum Gasteiger partial charge on any atom is 0.251 e. The number of hydrogen-bond acceptors (Lipinski definition) is 4. The zero-order valence-corrected chi connectivity index (χ0v) is 13.8. The summed E-state index contributed by atoms with van der Waals surface area (Å²) in [6.07, 6.45) is 4.25. The van der Waals surface area contributed by atoms with Crippen LogP contribution in [0.25, 0.3) is 5.69 Å². The molecule has 0 aliphatic carbocycles. The lowest BCUT2D eigenvalue weighted by molar-refractivity contribution is 0.0952. The van der Waals surface area contributed by atoms with Crippen LogP contribution in [-0.2, 0) is 6.54 Å². The summed E-state index contributed by atoms with van der Waals surface area (Å²) in [6.45, 7) is 5.30. The molecule has 0 radical (unpaired) electrons. The first kappa shape index (κ1) is 15.9. The van der Waals surface area contributed by atoms with Gasteiger partial charge in [0.05, 0.1) is 17.6 Å². The fourth-order valence-corrected chi connectivity index (χ4v) is 2.54. The Hall–Kier alpha value is -2.96. The molecule has 1 amide bonds. The molecule has 7 heteroatoms. The van der Waals surface area contributed by atoms with Crippen LogP contribution in [0.5, 0.6) is 0 Å². The van der Waals surface area contributed by atoms with Gasteiger partial charge in [-0.25, -0.2) is 4.68 Å². The Morgan fingerprint density at radius 3 is 2.62 bits per heavy atom. The number of carbonyl (C=O) groups is 1. The van der Waals surface area contributed by atoms with E-state index in [1.54, 1.807) is 17.1 Å². The van der Waals surface area contributed by atoms with Crippen molar-refractivity contribution < 1.29 is 4.79 Å². The number of carbonyl (C=O) groups excluding carboxylic acids is 1. The van der Waals surface area contributed by atoms with Crippen molar-refractivity contribution in [3.63, 3.8) is 0 Å². The molecule has 2 heterocycles. The van der Waals surface area contributed by atoms with Gasteiger partial charge in [0.2, 0.25) is 0 Å². The Morgan fingerprint density at radius 2 is 2.00 bits per heavy atom. The second-order valence-electron chi connectivity index (χ2n) is 5.66. The van der Waals surface area contributed by atoms with Gasteiger partial charge in [-0.1, -0.05) is 5.21 Å². The van der Waals surface area contributed by atoms with Crippen LogP contribution in [-0.4, -0.2) is 37.2 Å². The number of aryl methyl sites for hydroxylation is 3. The number of nitrogens with one attached hydrogen (secondary N) is 1. The number of rotatable bonds is 6. The van der Waals surface area contributed by atoms with Crippen LogP contribution in [0.15, 0.2) is 42.7 Å². The van der Waals surface area contributed by atoms with Crippen LogP contribution in [0.3, 0.4) is 0 Å². The Balaban J connectivity index is 1.55. The van der Waals surface area contributed by atoms with Gasteiger partial charge in [-0.3, -0.25) is 9.48 Å². The first-order valence-corrected chi connectivity index (χ1v) is 7.89. The van der Waals surface area contributed by atoms with Crippen molar-refractivity contribution in [3.8, 4) is 5.69 Å². The molecule has 24 heavy (non-hydrogen) atoms. The highest BCUT2D eigenvalue weighted by Gasteiger charge is 2.07. The normalized spacial score (nSPS) is 10.8. The first-order chi connectivity index (χ1) is 11.6. The molecule has 124 valence electrons. The molecule has 2 aromatic heterocycles. The Kier molecular flexibility index (Phi) is 4.69. The van der Waals surface area contributed by atoms with E-state index in [1.807, 2.05) is 48.9 Å². The number of hydrogen-bond donors (Lipinski definition) is 1. The van der Waals surface area contributed by atoms with Gasteiger partial charge in [-0.2, -0.15) is 5.10 Å². The summed E-state index contributed by atoms with van der Waals surface area (Å²) in [5.74, 6) is -0.0755. The zero-order chi connectivity index (χ0) is 16.9. The topological polar surface area (TPSA) is 77.6 Å². The molecule has 0 atom stereocenters. The number of amides is 1. The average molecular weight is 324 g/mol. The van der Waals surface area contributed by atoms with Crippen LogP contribution >= 0.6 is 0 Å². The molecule has 0 bridgehead atoms. The largest absolute Gasteiger partial charge is 0.352 e. The van der Waals surface area contributed by atoms with Crippen molar-refractivity contribution in [2.45, 2.75) is 26.8 Å². The van der Waals surface area contributed by atoms with Crippen molar-refractivity contribution >= 4 is 5.91 Å². The molecular weight excluding hydrogens is 304 g/mol. The van der Waals surface area contributed by atoms with Gasteiger partial charge in [0.1, 0.15) is 0 Å². The minimum atomic E-state index is -0.0755. The SMILES string of the molecule is Cc1cc(C)n(-c2ccc(C(=O)NCCCn3ccnn3)cc2)n1. The maximum absolute atomic E-state index is 12.2. The monoisotopic (exact) mass is 324 g/mol. The van der Waals surface area contributed by atoms with E-state index in [0.717, 1.165) is 30.0 Å². The summed E-state index contributed by atoms with van der Waals surface area (Å²) < 4.78 is 3.62. The van der Waals surface area contributed by atoms with E-state index in [2.05, 4.69) is 20.7 Å². The van der Waals surface area contributed by atoms with Crippen LogP contribution in [0.2, 0.25) is 0 Å². The smallest absolute Gasteiger partial charge is 0.251 e. The molecule has 0 saturated carbocycles. The fraction of sp³-hybridized carbons (Fsp3) is 0.294. The third-order valence-corrected chi connectivity index (χ3v) is 3.71. The van der Waals surface area contributed by atoms with Crippen molar-refractivity contribution in [3.05, 3.63) is 59.7 Å². The van der Waals surface area contributed by atoms with Gasteiger partial charge < -0.3 is 5.32 Å². The van der Waals surface area contributed by atoms with Crippen molar-refractivity contribution in [2.24, 2.45) is 0 Å². The van der Waals surface area contributed by atoms with Crippen LogP contribution < -0.4 is 5.32 Å². The van der Waals surface area contributed by atoms with E-state index in [0.29, 0.717) is 12.1 Å². The predicted octanol–water partition coefficient (Wildman–Crippen LogP) is 1.90. The van der Waals surface area contributed by atoms with E-state index in [1.165, 1.54) is 0 Å². The summed E-state index contributed by atoms with van der Waals surface area (Å²) in [4.78, 5) is 12.2. The minimum absolute atomic E-state index is 0.0755. The molecule has 3 rings (SSSR count). The van der Waals surface area contributed by atoms with Crippen LogP contribution in [0, 0.1) is 13.8 Å². The van der Waals surface area contributed by atoms with Gasteiger partial charge in [-0.05, 0) is 50.6 Å². The Morgan fingerprint density at radius 1 is 1.21 bits per heavy atom.